The SMILES string of the molecule is O=C(NCCO)c1ccnc(N2CCOCC2)c1. The van der Waals surface area contributed by atoms with Gasteiger partial charge in [0, 0.05) is 31.4 Å². The number of hydrogen-bond acceptors (Lipinski definition) is 5. The zero-order chi connectivity index (χ0) is 12.8. The highest BCUT2D eigenvalue weighted by atomic mass is 16.5. The van der Waals surface area contributed by atoms with Crippen LogP contribution in [0.4, 0.5) is 5.82 Å². The normalized spacial score (nSPS) is 15.5. The van der Waals surface area contributed by atoms with E-state index in [-0.39, 0.29) is 19.1 Å². The molecule has 6 heteroatoms. The van der Waals surface area contributed by atoms with Crippen LogP contribution >= 0.6 is 0 Å². The fourth-order valence-corrected chi connectivity index (χ4v) is 1.80. The van der Waals surface area contributed by atoms with Crippen LogP contribution in [0.1, 0.15) is 10.4 Å². The number of ether oxygens (including phenoxy) is 1. The molecule has 2 heterocycles. The molecule has 0 unspecified atom stereocenters. The molecule has 6 nitrogen and oxygen atoms in total. The largest absolute Gasteiger partial charge is 0.395 e. The standard InChI is InChI=1S/C12H17N3O3/c16-6-3-14-12(17)10-1-2-13-11(9-10)15-4-7-18-8-5-15/h1-2,9,16H,3-8H2,(H,14,17). The van der Waals surface area contributed by atoms with Crippen LogP contribution in [0.15, 0.2) is 18.3 Å². The summed E-state index contributed by atoms with van der Waals surface area (Å²) in [6.45, 7) is 3.13. The van der Waals surface area contributed by atoms with E-state index in [0.29, 0.717) is 18.8 Å². The van der Waals surface area contributed by atoms with Crippen molar-refractivity contribution in [3.05, 3.63) is 23.9 Å². The van der Waals surface area contributed by atoms with Gasteiger partial charge in [-0.2, -0.15) is 0 Å². The van der Waals surface area contributed by atoms with E-state index in [1.165, 1.54) is 0 Å². The maximum atomic E-state index is 11.7. The summed E-state index contributed by atoms with van der Waals surface area (Å²) >= 11 is 0. The van der Waals surface area contributed by atoms with Crippen molar-refractivity contribution in [2.75, 3.05) is 44.4 Å². The Kier molecular flexibility index (Phi) is 4.49. The van der Waals surface area contributed by atoms with Crippen molar-refractivity contribution in [2.45, 2.75) is 0 Å². The molecule has 1 saturated heterocycles. The molecule has 1 amide bonds. The van der Waals surface area contributed by atoms with Crippen LogP contribution in [0.2, 0.25) is 0 Å². The number of morpholine rings is 1. The first-order chi connectivity index (χ1) is 8.81. The Morgan fingerprint density at radius 3 is 3.00 bits per heavy atom. The average molecular weight is 251 g/mol. The van der Waals surface area contributed by atoms with Crippen LogP contribution in [-0.4, -0.2) is 55.5 Å². The van der Waals surface area contributed by atoms with Crippen molar-refractivity contribution in [3.8, 4) is 0 Å². The summed E-state index contributed by atoms with van der Waals surface area (Å²) in [5.41, 5.74) is 0.556. The highest BCUT2D eigenvalue weighted by Crippen LogP contribution is 2.14. The predicted molar refractivity (Wildman–Crippen MR) is 66.7 cm³/mol. The minimum atomic E-state index is -0.194. The summed E-state index contributed by atoms with van der Waals surface area (Å²) in [7, 11) is 0. The van der Waals surface area contributed by atoms with Crippen molar-refractivity contribution in [2.24, 2.45) is 0 Å². The lowest BCUT2D eigenvalue weighted by atomic mass is 10.2. The lowest BCUT2D eigenvalue weighted by Gasteiger charge is -2.27. The molecule has 2 rings (SSSR count). The number of carbonyl (C=O) groups is 1. The fourth-order valence-electron chi connectivity index (χ4n) is 1.80. The number of aromatic nitrogens is 1. The number of rotatable bonds is 4. The number of amides is 1. The second kappa shape index (κ2) is 6.32. The smallest absolute Gasteiger partial charge is 0.251 e. The first-order valence-electron chi connectivity index (χ1n) is 5.99. The molecule has 98 valence electrons. The molecule has 1 aromatic heterocycles. The van der Waals surface area contributed by atoms with Crippen LogP contribution in [0.25, 0.3) is 0 Å². The van der Waals surface area contributed by atoms with Crippen LogP contribution in [0.3, 0.4) is 0 Å². The van der Waals surface area contributed by atoms with Gasteiger partial charge in [-0.15, -0.1) is 0 Å². The Hall–Kier alpha value is -1.66. The number of nitrogens with one attached hydrogen (secondary N) is 1. The second-order valence-corrected chi connectivity index (χ2v) is 3.98. The zero-order valence-corrected chi connectivity index (χ0v) is 10.1. The quantitative estimate of drug-likeness (QED) is 0.764. The summed E-state index contributed by atoms with van der Waals surface area (Å²) in [5, 5.41) is 11.3. The molecule has 0 atom stereocenters. The van der Waals surface area contributed by atoms with E-state index in [1.807, 2.05) is 0 Å². The van der Waals surface area contributed by atoms with Gasteiger partial charge in [-0.3, -0.25) is 4.79 Å². The van der Waals surface area contributed by atoms with Gasteiger partial charge in [0.05, 0.1) is 19.8 Å². The number of nitrogens with zero attached hydrogens (tertiary/aromatic N) is 2. The fraction of sp³-hybridized carbons (Fsp3) is 0.500. The molecule has 0 aromatic carbocycles. The summed E-state index contributed by atoms with van der Waals surface area (Å²) in [6.07, 6.45) is 1.62. The van der Waals surface area contributed by atoms with Gasteiger partial charge in [-0.1, -0.05) is 0 Å². The third-order valence-corrected chi connectivity index (χ3v) is 2.74. The molecular weight excluding hydrogens is 234 g/mol. The third-order valence-electron chi connectivity index (χ3n) is 2.74. The van der Waals surface area contributed by atoms with Crippen molar-refractivity contribution < 1.29 is 14.6 Å². The van der Waals surface area contributed by atoms with Gasteiger partial charge in [0.15, 0.2) is 0 Å². The summed E-state index contributed by atoms with van der Waals surface area (Å²) in [5.74, 6) is 0.593. The number of pyridine rings is 1. The molecule has 1 aromatic rings. The molecule has 1 fully saturated rings. The molecule has 1 aliphatic rings. The molecule has 18 heavy (non-hydrogen) atoms. The summed E-state index contributed by atoms with van der Waals surface area (Å²) in [4.78, 5) is 18.1. The summed E-state index contributed by atoms with van der Waals surface area (Å²) in [6, 6.07) is 3.43. The van der Waals surface area contributed by atoms with E-state index in [0.717, 1.165) is 18.9 Å². The first-order valence-corrected chi connectivity index (χ1v) is 5.99. The van der Waals surface area contributed by atoms with E-state index in [4.69, 9.17) is 9.84 Å². The van der Waals surface area contributed by atoms with Gasteiger partial charge in [0.1, 0.15) is 5.82 Å². The van der Waals surface area contributed by atoms with Gasteiger partial charge < -0.3 is 20.1 Å². The number of aliphatic hydroxyl groups excluding tert-OH is 1. The Balaban J connectivity index is 2.06. The van der Waals surface area contributed by atoms with Crippen molar-refractivity contribution >= 4 is 11.7 Å². The van der Waals surface area contributed by atoms with E-state index < -0.39 is 0 Å². The zero-order valence-electron chi connectivity index (χ0n) is 10.1. The maximum Gasteiger partial charge on any atom is 0.251 e. The van der Waals surface area contributed by atoms with E-state index in [9.17, 15) is 4.79 Å². The molecule has 2 N–H and O–H groups in total. The van der Waals surface area contributed by atoms with E-state index >= 15 is 0 Å². The molecule has 0 radical (unpaired) electrons. The topological polar surface area (TPSA) is 74.7 Å². The molecular formula is C12H17N3O3. The van der Waals surface area contributed by atoms with Crippen LogP contribution < -0.4 is 10.2 Å². The number of hydrogen-bond donors (Lipinski definition) is 2. The van der Waals surface area contributed by atoms with E-state index in [2.05, 4.69) is 15.2 Å². The number of carbonyl (C=O) groups excluding carboxylic acids is 1. The van der Waals surface area contributed by atoms with Crippen LogP contribution in [0.5, 0.6) is 0 Å². The minimum absolute atomic E-state index is 0.0624. The van der Waals surface area contributed by atoms with Crippen LogP contribution in [-0.2, 0) is 4.74 Å². The Bertz CT molecular complexity index is 405. The molecule has 0 bridgehead atoms. The van der Waals surface area contributed by atoms with Gasteiger partial charge >= 0.3 is 0 Å². The van der Waals surface area contributed by atoms with Crippen molar-refractivity contribution in [1.82, 2.24) is 10.3 Å². The first kappa shape index (κ1) is 12.8. The molecule has 0 saturated carbocycles. The molecule has 0 spiro atoms. The lowest BCUT2D eigenvalue weighted by molar-refractivity contribution is 0.0944. The van der Waals surface area contributed by atoms with E-state index in [1.54, 1.807) is 18.3 Å². The minimum Gasteiger partial charge on any atom is -0.395 e. The highest BCUT2D eigenvalue weighted by molar-refractivity contribution is 5.94. The lowest BCUT2D eigenvalue weighted by Crippen LogP contribution is -2.37. The Morgan fingerprint density at radius 1 is 1.50 bits per heavy atom. The Labute approximate surface area is 106 Å². The van der Waals surface area contributed by atoms with Gasteiger partial charge in [0.2, 0.25) is 0 Å². The van der Waals surface area contributed by atoms with Gasteiger partial charge in [0.25, 0.3) is 5.91 Å². The molecule has 0 aliphatic carbocycles. The predicted octanol–water partition coefficient (Wildman–Crippen LogP) is -0.360. The number of anilines is 1. The monoisotopic (exact) mass is 251 g/mol. The van der Waals surface area contributed by atoms with Crippen molar-refractivity contribution in [1.29, 1.82) is 0 Å². The average Bonchev–Trinajstić information content (AvgIpc) is 2.46. The second-order valence-electron chi connectivity index (χ2n) is 3.98. The van der Waals surface area contributed by atoms with Crippen LogP contribution in [0, 0.1) is 0 Å². The highest BCUT2D eigenvalue weighted by Gasteiger charge is 2.14. The number of aliphatic hydroxyl groups is 1. The van der Waals surface area contributed by atoms with Gasteiger partial charge in [-0.25, -0.2) is 4.98 Å². The third kappa shape index (κ3) is 3.18. The summed E-state index contributed by atoms with van der Waals surface area (Å²) < 4.78 is 5.28. The maximum absolute atomic E-state index is 11.7. The van der Waals surface area contributed by atoms with Crippen molar-refractivity contribution in [3.63, 3.8) is 0 Å². The van der Waals surface area contributed by atoms with Gasteiger partial charge in [-0.05, 0) is 12.1 Å². The Morgan fingerprint density at radius 2 is 2.28 bits per heavy atom. The molecule has 1 aliphatic heterocycles.